The number of aliphatic hydroxyl groups excluding tert-OH is 1. The molecule has 0 heterocycles. The van der Waals surface area contributed by atoms with Crippen molar-refractivity contribution in [3.63, 3.8) is 0 Å². The first kappa shape index (κ1) is 21.3. The highest BCUT2D eigenvalue weighted by Crippen LogP contribution is 2.61. The van der Waals surface area contributed by atoms with Crippen LogP contribution in [0, 0.1) is 17.3 Å². The molecule has 3 aliphatic rings. The Morgan fingerprint density at radius 2 is 1.81 bits per heavy atom. The van der Waals surface area contributed by atoms with Gasteiger partial charge in [0.2, 0.25) is 0 Å². The van der Waals surface area contributed by atoms with Crippen molar-refractivity contribution in [2.24, 2.45) is 17.3 Å². The fourth-order valence-electron chi connectivity index (χ4n) is 6.90. The number of rotatable bonds is 4. The highest BCUT2D eigenvalue weighted by molar-refractivity contribution is 6.11. The van der Waals surface area contributed by atoms with E-state index in [2.05, 4.69) is 6.92 Å². The fourth-order valence-corrected chi connectivity index (χ4v) is 6.90. The zero-order valence-corrected chi connectivity index (χ0v) is 19.1. The molecule has 0 spiro atoms. The Morgan fingerprint density at radius 1 is 1.03 bits per heavy atom. The molecule has 3 aliphatic carbocycles. The van der Waals surface area contributed by atoms with Gasteiger partial charge in [0.15, 0.2) is 17.3 Å². The Hall–Kier alpha value is -2.53. The number of aliphatic hydroxyl groups is 1. The van der Waals surface area contributed by atoms with Gasteiger partial charge in [-0.3, -0.25) is 4.79 Å². The van der Waals surface area contributed by atoms with Crippen LogP contribution in [-0.2, 0) is 6.42 Å². The Balaban J connectivity index is 1.50. The molecule has 0 saturated heterocycles. The molecule has 0 radical (unpaired) electrons. The van der Waals surface area contributed by atoms with Crippen LogP contribution in [0.5, 0.6) is 17.2 Å². The summed E-state index contributed by atoms with van der Waals surface area (Å²) >= 11 is 0. The van der Waals surface area contributed by atoms with E-state index >= 15 is 0 Å². The monoisotopic (exact) mass is 436 g/mol. The van der Waals surface area contributed by atoms with E-state index in [-0.39, 0.29) is 23.1 Å². The molecule has 5 heteroatoms. The van der Waals surface area contributed by atoms with E-state index < -0.39 is 0 Å². The minimum Gasteiger partial charge on any atom is -0.507 e. The van der Waals surface area contributed by atoms with Crippen molar-refractivity contribution >= 4 is 5.78 Å². The molecule has 5 atom stereocenters. The zero-order valence-electron chi connectivity index (χ0n) is 19.1. The Bertz CT molecular complexity index is 1060. The summed E-state index contributed by atoms with van der Waals surface area (Å²) in [5.41, 5.74) is 3.20. The average Bonchev–Trinajstić information content (AvgIpc) is 3.11. The molecule has 0 aliphatic heterocycles. The molecular weight excluding hydrogens is 404 g/mol. The minimum absolute atomic E-state index is 0.0217. The molecule has 2 N–H and O–H groups in total. The third kappa shape index (κ3) is 3.13. The minimum atomic E-state index is -0.217. The van der Waals surface area contributed by atoms with Crippen LogP contribution in [-0.4, -0.2) is 36.3 Å². The summed E-state index contributed by atoms with van der Waals surface area (Å²) in [7, 11) is 3.10. The predicted molar refractivity (Wildman–Crippen MR) is 122 cm³/mol. The molecule has 2 fully saturated rings. The highest BCUT2D eigenvalue weighted by Gasteiger charge is 2.54. The first-order valence-electron chi connectivity index (χ1n) is 11.7. The molecule has 0 unspecified atom stereocenters. The van der Waals surface area contributed by atoms with Crippen molar-refractivity contribution in [1.29, 1.82) is 0 Å². The van der Waals surface area contributed by atoms with Gasteiger partial charge in [0, 0.05) is 5.56 Å². The van der Waals surface area contributed by atoms with E-state index in [0.717, 1.165) is 44.1 Å². The number of phenols is 1. The molecule has 0 amide bonds. The SMILES string of the molecule is COc1ccc(C(=O)c2cc3c(cc2O)CC[C@@H]2[C@@H]3CC[C@]3(C)[C@@H](O)CC[C@@H]23)cc1OC. The Labute approximate surface area is 189 Å². The van der Waals surface area contributed by atoms with Crippen molar-refractivity contribution in [2.45, 2.75) is 57.5 Å². The van der Waals surface area contributed by atoms with Crippen LogP contribution in [0.1, 0.15) is 72.0 Å². The summed E-state index contributed by atoms with van der Waals surface area (Å²) in [6.45, 7) is 2.27. The van der Waals surface area contributed by atoms with Gasteiger partial charge >= 0.3 is 0 Å². The number of hydrogen-bond donors (Lipinski definition) is 2. The number of fused-ring (bicyclic) bond motifs is 5. The van der Waals surface area contributed by atoms with Gasteiger partial charge in [0.25, 0.3) is 0 Å². The van der Waals surface area contributed by atoms with E-state index in [1.54, 1.807) is 38.5 Å². The van der Waals surface area contributed by atoms with Crippen LogP contribution in [0.15, 0.2) is 30.3 Å². The maximum absolute atomic E-state index is 13.4. The molecule has 32 heavy (non-hydrogen) atoms. The van der Waals surface area contributed by atoms with Crippen LogP contribution in [0.3, 0.4) is 0 Å². The first-order chi connectivity index (χ1) is 15.4. The van der Waals surface area contributed by atoms with Crippen molar-refractivity contribution in [1.82, 2.24) is 0 Å². The van der Waals surface area contributed by atoms with Crippen molar-refractivity contribution in [3.05, 3.63) is 52.6 Å². The van der Waals surface area contributed by atoms with Gasteiger partial charge < -0.3 is 19.7 Å². The Kier molecular flexibility index (Phi) is 5.20. The van der Waals surface area contributed by atoms with Crippen molar-refractivity contribution in [2.75, 3.05) is 14.2 Å². The lowest BCUT2D eigenvalue weighted by molar-refractivity contribution is -0.0226. The molecular formula is C27H32O5. The second kappa shape index (κ2) is 7.80. The summed E-state index contributed by atoms with van der Waals surface area (Å²) in [6.07, 6.45) is 5.83. The number of carbonyl (C=O) groups is 1. The second-order valence-electron chi connectivity index (χ2n) is 10.0. The molecule has 2 aromatic rings. The lowest BCUT2D eigenvalue weighted by Crippen LogP contribution is -2.44. The molecule has 170 valence electrons. The Morgan fingerprint density at radius 3 is 2.56 bits per heavy atom. The second-order valence-corrected chi connectivity index (χ2v) is 10.0. The maximum atomic E-state index is 13.4. The standard InChI is InChI=1S/C27H32O5/c1-27-11-10-17-18(21(27)7-9-25(27)29)6-4-15-12-22(28)20(14-19(15)17)26(30)16-5-8-23(31-2)24(13-16)32-3/h5,8,12-14,17-18,21,25,28-29H,4,6-7,9-11H2,1-3H3/t17-,18+,21-,25-,27-/m0/s1. The van der Waals surface area contributed by atoms with Gasteiger partial charge in [-0.25, -0.2) is 0 Å². The first-order valence-corrected chi connectivity index (χ1v) is 11.7. The largest absolute Gasteiger partial charge is 0.507 e. The molecule has 5 nitrogen and oxygen atoms in total. The van der Waals surface area contributed by atoms with Gasteiger partial charge in [0.05, 0.1) is 25.9 Å². The normalized spacial score (nSPS) is 30.8. The number of benzene rings is 2. The summed E-state index contributed by atoms with van der Waals surface area (Å²) in [4.78, 5) is 13.4. The summed E-state index contributed by atoms with van der Waals surface area (Å²) < 4.78 is 10.6. The van der Waals surface area contributed by atoms with Crippen LogP contribution in [0.25, 0.3) is 0 Å². The average molecular weight is 437 g/mol. The molecule has 5 rings (SSSR count). The van der Waals surface area contributed by atoms with Gasteiger partial charge in [0.1, 0.15) is 5.75 Å². The lowest BCUT2D eigenvalue weighted by Gasteiger charge is -2.50. The zero-order chi connectivity index (χ0) is 22.6. The van der Waals surface area contributed by atoms with Gasteiger partial charge in [-0.05, 0) is 103 Å². The van der Waals surface area contributed by atoms with Crippen LogP contribution in [0.2, 0.25) is 0 Å². The predicted octanol–water partition coefficient (Wildman–Crippen LogP) is 4.86. The summed E-state index contributed by atoms with van der Waals surface area (Å²) in [5.74, 6) is 2.33. The van der Waals surface area contributed by atoms with Crippen LogP contribution < -0.4 is 9.47 Å². The third-order valence-corrected chi connectivity index (χ3v) is 8.68. The van der Waals surface area contributed by atoms with Crippen LogP contribution >= 0.6 is 0 Å². The van der Waals surface area contributed by atoms with E-state index in [1.165, 1.54) is 5.56 Å². The molecule has 0 aromatic heterocycles. The van der Waals surface area contributed by atoms with Gasteiger partial charge in [-0.15, -0.1) is 0 Å². The topological polar surface area (TPSA) is 76.0 Å². The van der Waals surface area contributed by atoms with Crippen molar-refractivity contribution < 1.29 is 24.5 Å². The van der Waals surface area contributed by atoms with Gasteiger partial charge in [-0.2, -0.15) is 0 Å². The number of ether oxygens (including phenoxy) is 2. The highest BCUT2D eigenvalue weighted by atomic mass is 16.5. The van der Waals surface area contributed by atoms with E-state index in [9.17, 15) is 15.0 Å². The quantitative estimate of drug-likeness (QED) is 0.670. The number of carbonyl (C=O) groups excluding carboxylic acids is 1. The number of ketones is 1. The smallest absolute Gasteiger partial charge is 0.196 e. The number of phenolic OH excluding ortho intramolecular Hbond substituents is 1. The molecule has 2 aromatic carbocycles. The number of aryl methyl sites for hydroxylation is 1. The van der Waals surface area contributed by atoms with Crippen LogP contribution in [0.4, 0.5) is 0 Å². The number of aromatic hydroxyl groups is 1. The van der Waals surface area contributed by atoms with E-state index in [0.29, 0.717) is 40.4 Å². The van der Waals surface area contributed by atoms with E-state index in [1.807, 2.05) is 6.07 Å². The summed E-state index contributed by atoms with van der Waals surface area (Å²) in [6, 6.07) is 8.82. The van der Waals surface area contributed by atoms with Gasteiger partial charge in [-0.1, -0.05) is 6.92 Å². The number of methoxy groups -OCH3 is 2. The number of hydrogen-bond acceptors (Lipinski definition) is 5. The molecule has 2 saturated carbocycles. The third-order valence-electron chi connectivity index (χ3n) is 8.68. The maximum Gasteiger partial charge on any atom is 0.196 e. The summed E-state index contributed by atoms with van der Waals surface area (Å²) in [5, 5.41) is 21.4. The lowest BCUT2D eigenvalue weighted by atomic mass is 9.55. The molecule has 0 bridgehead atoms. The van der Waals surface area contributed by atoms with E-state index in [4.69, 9.17) is 9.47 Å². The fraction of sp³-hybridized carbons (Fsp3) is 0.519. The van der Waals surface area contributed by atoms with Crippen molar-refractivity contribution in [3.8, 4) is 17.2 Å².